The predicted octanol–water partition coefficient (Wildman–Crippen LogP) is 12.1. The van der Waals surface area contributed by atoms with Crippen LogP contribution in [-0.2, 0) is 10.8 Å². The fourth-order valence-corrected chi connectivity index (χ4v) is 13.8. The minimum atomic E-state index is -0.160. The zero-order valence-corrected chi connectivity index (χ0v) is 32.9. The van der Waals surface area contributed by atoms with Gasteiger partial charge in [-0.15, -0.1) is 45.3 Å². The normalized spacial score (nSPS) is 16.6. The molecule has 2 spiro atoms. The molecule has 54 heavy (non-hydrogen) atoms. The Morgan fingerprint density at radius 2 is 1.11 bits per heavy atom. The van der Waals surface area contributed by atoms with Crippen LogP contribution in [-0.4, -0.2) is 24.2 Å². The number of thiazole rings is 2. The number of fused-ring (bicyclic) bond motifs is 10. The summed E-state index contributed by atoms with van der Waals surface area (Å²) in [5.41, 5.74) is 7.55. The van der Waals surface area contributed by atoms with Crippen molar-refractivity contribution in [1.82, 2.24) is 9.97 Å². The highest BCUT2D eigenvalue weighted by molar-refractivity contribution is 7.25. The van der Waals surface area contributed by atoms with Crippen LogP contribution in [0.1, 0.15) is 96.5 Å². The van der Waals surface area contributed by atoms with E-state index in [1.165, 1.54) is 78.9 Å². The summed E-state index contributed by atoms with van der Waals surface area (Å²) < 4.78 is 11.7. The second-order valence-corrected chi connectivity index (χ2v) is 18.4. The number of nitriles is 2. The first-order valence-electron chi connectivity index (χ1n) is 18.0. The van der Waals surface area contributed by atoms with Gasteiger partial charge >= 0.3 is 5.82 Å². The lowest BCUT2D eigenvalue weighted by atomic mass is 9.67. The maximum absolute atomic E-state index is 9.38. The van der Waals surface area contributed by atoms with Crippen molar-refractivity contribution in [3.8, 4) is 64.3 Å². The van der Waals surface area contributed by atoms with Gasteiger partial charge in [0, 0.05) is 26.7 Å². The molecule has 4 aromatic heterocycles. The van der Waals surface area contributed by atoms with Crippen LogP contribution in [0.5, 0.6) is 11.5 Å². The number of hydrogen-bond donors (Lipinski definition) is 0. The Morgan fingerprint density at radius 1 is 0.667 bits per heavy atom. The molecule has 8 nitrogen and oxygen atoms in total. The number of hydrogen-bond acceptors (Lipinski definition) is 10. The van der Waals surface area contributed by atoms with E-state index in [2.05, 4.69) is 21.8 Å². The summed E-state index contributed by atoms with van der Waals surface area (Å²) in [5, 5.41) is 20.6. The molecule has 0 aliphatic heterocycles. The summed E-state index contributed by atoms with van der Waals surface area (Å²) in [6.07, 6.45) is 14.6. The molecule has 0 bridgehead atoms. The first kappa shape index (κ1) is 34.7. The molecular weight excluding hydrogens is 749 g/mol. The smallest absolute Gasteiger partial charge is 0.495 e. The lowest BCUT2D eigenvalue weighted by Crippen LogP contribution is -2.30. The molecule has 1 aromatic carbocycles. The molecule has 4 aliphatic rings. The minimum absolute atomic E-state index is 0.0315. The summed E-state index contributed by atoms with van der Waals surface area (Å²) in [5.74, 6) is 1.45. The van der Waals surface area contributed by atoms with Gasteiger partial charge in [0.15, 0.2) is 0 Å². The predicted molar refractivity (Wildman–Crippen MR) is 217 cm³/mol. The van der Waals surface area contributed by atoms with Crippen LogP contribution in [0.2, 0.25) is 0 Å². The summed E-state index contributed by atoms with van der Waals surface area (Å²) in [7, 11) is 3.32. The largest absolute Gasteiger partial charge is 0.520 e. The summed E-state index contributed by atoms with van der Waals surface area (Å²) in [4.78, 5) is 23.7. The molecule has 0 radical (unpaired) electrons. The SMILES string of the molecule is [C-]#[N+]C(=Cc1cc(OC)c(-c2nc3c(s2)-c2cc4c(cc2C32CCCCC2)-c2sc(-c3sc(C=C(C#N)C#N)cc3OC)nc2C42CCCCC2)s1)[N+]#[C-]. The summed E-state index contributed by atoms with van der Waals surface area (Å²) in [6, 6.07) is 12.8. The maximum Gasteiger partial charge on any atom is 0.520 e. The number of rotatable bonds is 6. The Kier molecular flexibility index (Phi) is 8.57. The van der Waals surface area contributed by atoms with Crippen molar-refractivity contribution in [2.24, 2.45) is 0 Å². The molecule has 2 saturated carbocycles. The number of thiophene rings is 2. The minimum Gasteiger partial charge on any atom is -0.495 e. The van der Waals surface area contributed by atoms with Gasteiger partial charge in [0.2, 0.25) is 0 Å². The molecule has 0 saturated heterocycles. The van der Waals surface area contributed by atoms with E-state index in [1.807, 2.05) is 24.3 Å². The van der Waals surface area contributed by atoms with Crippen molar-refractivity contribution in [3.63, 3.8) is 0 Å². The quantitative estimate of drug-likeness (QED) is 0.126. The molecule has 4 aliphatic carbocycles. The van der Waals surface area contributed by atoms with Gasteiger partial charge in [-0.2, -0.15) is 20.2 Å². The highest BCUT2D eigenvalue weighted by Gasteiger charge is 2.52. The molecule has 4 heterocycles. The van der Waals surface area contributed by atoms with Gasteiger partial charge in [-0.1, -0.05) is 38.5 Å². The number of benzene rings is 1. The molecular formula is C42H32N6O2S4. The zero-order chi connectivity index (χ0) is 37.2. The van der Waals surface area contributed by atoms with Crippen LogP contribution >= 0.6 is 45.3 Å². The van der Waals surface area contributed by atoms with E-state index in [0.717, 1.165) is 80.9 Å². The molecule has 5 aromatic rings. The van der Waals surface area contributed by atoms with Crippen LogP contribution < -0.4 is 9.47 Å². The fourth-order valence-electron chi connectivity index (χ4n) is 9.17. The summed E-state index contributed by atoms with van der Waals surface area (Å²) in [6.45, 7) is 14.7. The molecule has 0 atom stereocenters. The standard InChI is InChI=1S/C42H32N6O2S4/c1-45-32(46-2)18-25-17-31(50-4)36(52-25)40-48-38-34(54-40)27-20-28-26(19-29(27)42(38)13-9-6-10-14-42)33-37(41(28)11-7-5-8-12-41)47-39(53-33)35-30(49-3)16-24(51-35)15-23(21-43)22-44/h15-20H,5-14H2,3-4H3. The fraction of sp³-hybridized carbons (Fsp3) is 0.333. The third-order valence-electron chi connectivity index (χ3n) is 11.5. The van der Waals surface area contributed by atoms with E-state index in [1.54, 1.807) is 49.0 Å². The van der Waals surface area contributed by atoms with Crippen LogP contribution in [0.25, 0.3) is 62.5 Å². The first-order chi connectivity index (χ1) is 26.4. The van der Waals surface area contributed by atoms with Crippen molar-refractivity contribution < 1.29 is 9.47 Å². The zero-order valence-electron chi connectivity index (χ0n) is 29.7. The molecule has 12 heteroatoms. The second-order valence-electron chi connectivity index (χ2n) is 14.2. The lowest BCUT2D eigenvalue weighted by molar-refractivity contribution is 0.343. The van der Waals surface area contributed by atoms with E-state index in [4.69, 9.17) is 32.6 Å². The number of nitrogens with zero attached hydrogens (tertiary/aromatic N) is 6. The van der Waals surface area contributed by atoms with Crippen molar-refractivity contribution in [2.75, 3.05) is 14.2 Å². The van der Waals surface area contributed by atoms with Gasteiger partial charge in [0.1, 0.15) is 62.1 Å². The van der Waals surface area contributed by atoms with E-state index in [-0.39, 0.29) is 22.2 Å². The Hall–Kier alpha value is -5.08. The molecule has 2 fully saturated rings. The molecule has 266 valence electrons. The maximum atomic E-state index is 9.38. The van der Waals surface area contributed by atoms with Gasteiger partial charge in [0.25, 0.3) is 0 Å². The van der Waals surface area contributed by atoms with Gasteiger partial charge < -0.3 is 9.47 Å². The van der Waals surface area contributed by atoms with Crippen molar-refractivity contribution in [3.05, 3.63) is 90.8 Å². The van der Waals surface area contributed by atoms with E-state index >= 15 is 0 Å². The number of ether oxygens (including phenoxy) is 2. The highest BCUT2D eigenvalue weighted by Crippen LogP contribution is 2.64. The topological polar surface area (TPSA) is 101 Å². The number of allylic oxidation sites excluding steroid dienone is 1. The van der Waals surface area contributed by atoms with E-state index in [9.17, 15) is 10.5 Å². The number of aromatic nitrogens is 2. The number of methoxy groups -OCH3 is 2. The monoisotopic (exact) mass is 780 g/mol. The second kappa shape index (κ2) is 13.3. The van der Waals surface area contributed by atoms with Gasteiger partial charge in [0.05, 0.1) is 35.4 Å². The lowest BCUT2D eigenvalue weighted by Gasteiger charge is -2.36. The highest BCUT2D eigenvalue weighted by atomic mass is 32.1. The Morgan fingerprint density at radius 3 is 1.52 bits per heavy atom. The van der Waals surface area contributed by atoms with Gasteiger partial charge in [-0.3, -0.25) is 0 Å². The first-order valence-corrected chi connectivity index (χ1v) is 21.2. The van der Waals surface area contributed by atoms with Crippen LogP contribution in [0.15, 0.2) is 35.7 Å². The Labute approximate surface area is 330 Å². The molecule has 0 N–H and O–H groups in total. The van der Waals surface area contributed by atoms with Gasteiger partial charge in [-0.25, -0.2) is 9.97 Å². The van der Waals surface area contributed by atoms with Crippen molar-refractivity contribution in [2.45, 2.75) is 75.0 Å². The molecule has 0 amide bonds. The third kappa shape index (κ3) is 5.13. The van der Waals surface area contributed by atoms with Gasteiger partial charge in [-0.05, 0) is 78.3 Å². The van der Waals surface area contributed by atoms with Crippen LogP contribution in [0.3, 0.4) is 0 Å². The average molecular weight is 781 g/mol. The average Bonchev–Trinajstić information content (AvgIpc) is 4.06. The van der Waals surface area contributed by atoms with Crippen LogP contribution in [0.4, 0.5) is 0 Å². The van der Waals surface area contributed by atoms with E-state index in [0.29, 0.717) is 11.5 Å². The Balaban J connectivity index is 1.20. The molecule has 9 rings (SSSR count). The molecule has 0 unspecified atom stereocenters. The summed E-state index contributed by atoms with van der Waals surface area (Å²) >= 11 is 6.52. The van der Waals surface area contributed by atoms with E-state index < -0.39 is 0 Å². The van der Waals surface area contributed by atoms with Crippen molar-refractivity contribution >= 4 is 57.5 Å². The third-order valence-corrected chi connectivity index (χ3v) is 16.2. The Bertz CT molecular complexity index is 2400. The van der Waals surface area contributed by atoms with Crippen molar-refractivity contribution in [1.29, 1.82) is 10.5 Å². The van der Waals surface area contributed by atoms with Crippen LogP contribution in [0, 0.1) is 35.8 Å².